The van der Waals surface area contributed by atoms with Crippen LogP contribution in [-0.2, 0) is 13.0 Å². The molecule has 0 fully saturated rings. The van der Waals surface area contributed by atoms with Crippen molar-refractivity contribution in [1.82, 2.24) is 10.3 Å². The summed E-state index contributed by atoms with van der Waals surface area (Å²) in [6, 6.07) is 12.8. The molecule has 0 bridgehead atoms. The Balaban J connectivity index is 1.64. The predicted octanol–water partition coefficient (Wildman–Crippen LogP) is 2.87. The van der Waals surface area contributed by atoms with E-state index in [0.29, 0.717) is 6.04 Å². The molecule has 1 heterocycles. The maximum absolute atomic E-state index is 5.16. The minimum absolute atomic E-state index is 0.387. The van der Waals surface area contributed by atoms with Gasteiger partial charge in [0, 0.05) is 12.7 Å². The Kier molecular flexibility index (Phi) is 3.47. The first-order valence-electron chi connectivity index (χ1n) is 6.67. The number of fused-ring (bicyclic) bond motifs is 1. The van der Waals surface area contributed by atoms with Crippen LogP contribution >= 0.6 is 0 Å². The summed E-state index contributed by atoms with van der Waals surface area (Å²) in [7, 11) is 1.69. The van der Waals surface area contributed by atoms with E-state index in [-0.39, 0.29) is 0 Å². The predicted molar refractivity (Wildman–Crippen MR) is 75.1 cm³/mol. The highest BCUT2D eigenvalue weighted by Gasteiger charge is 2.22. The lowest BCUT2D eigenvalue weighted by Gasteiger charge is -2.13. The van der Waals surface area contributed by atoms with Gasteiger partial charge in [0.2, 0.25) is 0 Å². The molecule has 0 amide bonds. The van der Waals surface area contributed by atoms with Crippen molar-refractivity contribution in [3.63, 3.8) is 0 Å². The molecule has 3 rings (SSSR count). The lowest BCUT2D eigenvalue weighted by molar-refractivity contribution is 0.414. The number of nitrogens with one attached hydrogen (secondary N) is 1. The average Bonchev–Trinajstić information content (AvgIpc) is 2.89. The Labute approximate surface area is 113 Å². The highest BCUT2D eigenvalue weighted by atomic mass is 16.5. The van der Waals surface area contributed by atoms with Gasteiger partial charge in [0.1, 0.15) is 5.75 Å². The van der Waals surface area contributed by atoms with E-state index >= 15 is 0 Å². The van der Waals surface area contributed by atoms with E-state index in [1.165, 1.54) is 16.8 Å². The van der Waals surface area contributed by atoms with Gasteiger partial charge in [0.25, 0.3) is 0 Å². The molecular formula is C16H18N2O. The Morgan fingerprint density at radius 2 is 2.11 bits per heavy atom. The Morgan fingerprint density at radius 3 is 2.89 bits per heavy atom. The van der Waals surface area contributed by atoms with Gasteiger partial charge in [-0.2, -0.15) is 0 Å². The molecule has 3 nitrogen and oxygen atoms in total. The van der Waals surface area contributed by atoms with Crippen LogP contribution in [-0.4, -0.2) is 12.1 Å². The molecule has 2 aromatic rings. The van der Waals surface area contributed by atoms with E-state index in [4.69, 9.17) is 4.74 Å². The second-order valence-electron chi connectivity index (χ2n) is 4.87. The molecule has 0 spiro atoms. The Morgan fingerprint density at radius 1 is 1.26 bits per heavy atom. The second kappa shape index (κ2) is 5.41. The van der Waals surface area contributed by atoms with Crippen LogP contribution in [0.4, 0.5) is 0 Å². The fourth-order valence-electron chi connectivity index (χ4n) is 2.60. The molecule has 3 heteroatoms. The van der Waals surface area contributed by atoms with Gasteiger partial charge in [-0.3, -0.25) is 4.98 Å². The molecule has 1 unspecified atom stereocenters. The first kappa shape index (κ1) is 12.2. The zero-order valence-electron chi connectivity index (χ0n) is 11.1. The number of aromatic nitrogens is 1. The van der Waals surface area contributed by atoms with Gasteiger partial charge in [0.05, 0.1) is 18.8 Å². The molecular weight excluding hydrogens is 236 g/mol. The molecule has 1 aliphatic carbocycles. The molecule has 0 radical (unpaired) electrons. The topological polar surface area (TPSA) is 34.1 Å². The lowest BCUT2D eigenvalue weighted by atomic mass is 10.1. The fraction of sp³-hybridized carbons (Fsp3) is 0.312. The summed E-state index contributed by atoms with van der Waals surface area (Å²) >= 11 is 0. The summed E-state index contributed by atoms with van der Waals surface area (Å²) in [6.07, 6.45) is 4.15. The normalized spacial score (nSPS) is 17.2. The molecule has 19 heavy (non-hydrogen) atoms. The van der Waals surface area contributed by atoms with Gasteiger partial charge in [-0.15, -0.1) is 0 Å². The number of methoxy groups -OCH3 is 1. The van der Waals surface area contributed by atoms with Crippen LogP contribution in [0.1, 0.15) is 29.3 Å². The SMILES string of the molecule is COc1ccc(CNC2CCc3cccnc32)cc1. The molecule has 1 aromatic heterocycles. The number of rotatable bonds is 4. The average molecular weight is 254 g/mol. The van der Waals surface area contributed by atoms with E-state index in [2.05, 4.69) is 28.5 Å². The fourth-order valence-corrected chi connectivity index (χ4v) is 2.60. The van der Waals surface area contributed by atoms with Crippen molar-refractivity contribution in [1.29, 1.82) is 0 Å². The van der Waals surface area contributed by atoms with E-state index in [0.717, 1.165) is 25.1 Å². The van der Waals surface area contributed by atoms with Crippen LogP contribution in [0.15, 0.2) is 42.6 Å². The van der Waals surface area contributed by atoms with Crippen LogP contribution in [0, 0.1) is 0 Å². The Hall–Kier alpha value is -1.87. The van der Waals surface area contributed by atoms with E-state index < -0.39 is 0 Å². The minimum Gasteiger partial charge on any atom is -0.497 e. The summed E-state index contributed by atoms with van der Waals surface area (Å²) in [5.74, 6) is 0.900. The molecule has 0 aliphatic heterocycles. The van der Waals surface area contributed by atoms with Gasteiger partial charge >= 0.3 is 0 Å². The van der Waals surface area contributed by atoms with Crippen LogP contribution in [0.2, 0.25) is 0 Å². The standard InChI is InChI=1S/C16H18N2O/c1-19-14-7-4-12(5-8-14)11-18-15-9-6-13-3-2-10-17-16(13)15/h2-5,7-8,10,15,18H,6,9,11H2,1H3. The molecule has 0 saturated carbocycles. The highest BCUT2D eigenvalue weighted by molar-refractivity contribution is 5.29. The third-order valence-corrected chi connectivity index (χ3v) is 3.67. The summed E-state index contributed by atoms with van der Waals surface area (Å²) in [6.45, 7) is 0.866. The number of aryl methyl sites for hydroxylation is 1. The zero-order valence-corrected chi connectivity index (χ0v) is 11.1. The molecule has 0 saturated heterocycles. The number of nitrogens with zero attached hydrogens (tertiary/aromatic N) is 1. The Bertz CT molecular complexity index is 551. The van der Waals surface area contributed by atoms with Crippen molar-refractivity contribution >= 4 is 0 Å². The highest BCUT2D eigenvalue weighted by Crippen LogP contribution is 2.29. The number of ether oxygens (including phenoxy) is 1. The molecule has 98 valence electrons. The summed E-state index contributed by atoms with van der Waals surface area (Å²) in [5.41, 5.74) is 3.87. The van der Waals surface area contributed by atoms with E-state index in [9.17, 15) is 0 Å². The number of hydrogen-bond acceptors (Lipinski definition) is 3. The summed E-state index contributed by atoms with van der Waals surface area (Å²) in [4.78, 5) is 4.50. The van der Waals surface area contributed by atoms with Gasteiger partial charge in [-0.25, -0.2) is 0 Å². The molecule has 1 N–H and O–H groups in total. The van der Waals surface area contributed by atoms with E-state index in [1.807, 2.05) is 24.4 Å². The maximum atomic E-state index is 5.16. The smallest absolute Gasteiger partial charge is 0.118 e. The van der Waals surface area contributed by atoms with Crippen molar-refractivity contribution in [2.45, 2.75) is 25.4 Å². The quantitative estimate of drug-likeness (QED) is 0.911. The summed E-state index contributed by atoms with van der Waals surface area (Å²) < 4.78 is 5.16. The maximum Gasteiger partial charge on any atom is 0.118 e. The van der Waals surface area contributed by atoms with Crippen molar-refractivity contribution < 1.29 is 4.74 Å². The first-order valence-corrected chi connectivity index (χ1v) is 6.67. The molecule has 1 atom stereocenters. The number of hydrogen-bond donors (Lipinski definition) is 1. The van der Waals surface area contributed by atoms with Crippen LogP contribution in [0.25, 0.3) is 0 Å². The largest absolute Gasteiger partial charge is 0.497 e. The van der Waals surface area contributed by atoms with Crippen molar-refractivity contribution in [3.05, 3.63) is 59.4 Å². The summed E-state index contributed by atoms with van der Waals surface area (Å²) in [5, 5.41) is 3.59. The van der Waals surface area contributed by atoms with Gasteiger partial charge < -0.3 is 10.1 Å². The zero-order chi connectivity index (χ0) is 13.1. The molecule has 1 aromatic carbocycles. The van der Waals surface area contributed by atoms with Crippen LogP contribution < -0.4 is 10.1 Å². The number of benzene rings is 1. The first-order chi connectivity index (χ1) is 9.36. The molecule has 1 aliphatic rings. The minimum atomic E-state index is 0.387. The second-order valence-corrected chi connectivity index (χ2v) is 4.87. The van der Waals surface area contributed by atoms with Crippen molar-refractivity contribution in [3.8, 4) is 5.75 Å². The van der Waals surface area contributed by atoms with Gasteiger partial charge in [-0.05, 0) is 42.2 Å². The third kappa shape index (κ3) is 2.61. The lowest BCUT2D eigenvalue weighted by Crippen LogP contribution is -2.19. The van der Waals surface area contributed by atoms with Crippen LogP contribution in [0.5, 0.6) is 5.75 Å². The number of pyridine rings is 1. The van der Waals surface area contributed by atoms with Gasteiger partial charge in [-0.1, -0.05) is 18.2 Å². The van der Waals surface area contributed by atoms with Crippen molar-refractivity contribution in [2.75, 3.05) is 7.11 Å². The van der Waals surface area contributed by atoms with Crippen LogP contribution in [0.3, 0.4) is 0 Å². The monoisotopic (exact) mass is 254 g/mol. The van der Waals surface area contributed by atoms with E-state index in [1.54, 1.807) is 7.11 Å². The third-order valence-electron chi connectivity index (χ3n) is 3.67. The van der Waals surface area contributed by atoms with Gasteiger partial charge in [0.15, 0.2) is 0 Å². The van der Waals surface area contributed by atoms with Crippen molar-refractivity contribution in [2.24, 2.45) is 0 Å².